The van der Waals surface area contributed by atoms with Crippen LogP contribution in [-0.2, 0) is 0 Å². The van der Waals surface area contributed by atoms with Gasteiger partial charge in [-0.2, -0.15) is 0 Å². The van der Waals surface area contributed by atoms with Gasteiger partial charge in [0.1, 0.15) is 0 Å². The summed E-state index contributed by atoms with van der Waals surface area (Å²) >= 11 is 0. The lowest BCUT2D eigenvalue weighted by molar-refractivity contribution is 0.230. The van der Waals surface area contributed by atoms with Crippen LogP contribution in [0.2, 0.25) is 0 Å². The van der Waals surface area contributed by atoms with Crippen LogP contribution in [0.3, 0.4) is 0 Å². The van der Waals surface area contributed by atoms with Crippen LogP contribution in [0.25, 0.3) is 16.7 Å². The first-order chi connectivity index (χ1) is 10.4. The molecule has 3 rings (SSSR count). The lowest BCUT2D eigenvalue weighted by atomic mass is 9.64. The molecule has 0 nitrogen and oxygen atoms in total. The molecule has 0 N–H and O–H groups in total. The van der Waals surface area contributed by atoms with E-state index >= 15 is 0 Å². The number of allylic oxidation sites excluding steroid dienone is 4. The van der Waals surface area contributed by atoms with E-state index in [4.69, 9.17) is 0 Å². The van der Waals surface area contributed by atoms with E-state index in [0.717, 1.165) is 0 Å². The molecule has 0 unspecified atom stereocenters. The highest BCUT2D eigenvalue weighted by molar-refractivity contribution is 5.79. The van der Waals surface area contributed by atoms with E-state index in [1.54, 1.807) is 0 Å². The van der Waals surface area contributed by atoms with Crippen molar-refractivity contribution >= 4 is 5.57 Å². The predicted molar refractivity (Wildman–Crippen MR) is 96.6 cm³/mol. The minimum absolute atomic E-state index is 0.153. The van der Waals surface area contributed by atoms with E-state index in [9.17, 15) is 0 Å². The fourth-order valence-corrected chi connectivity index (χ4v) is 2.82. The average molecular weight is 288 g/mol. The summed E-state index contributed by atoms with van der Waals surface area (Å²) in [6.45, 7) is 9.24. The highest BCUT2D eigenvalue weighted by Crippen LogP contribution is 2.46. The van der Waals surface area contributed by atoms with Gasteiger partial charge in [0.25, 0.3) is 0 Å². The molecule has 2 aromatic rings. The summed E-state index contributed by atoms with van der Waals surface area (Å²) in [5.41, 5.74) is 5.50. The van der Waals surface area contributed by atoms with Gasteiger partial charge in [-0.15, -0.1) is 0 Å². The number of benzene rings is 2. The first-order valence-corrected chi connectivity index (χ1v) is 7.97. The summed E-state index contributed by atoms with van der Waals surface area (Å²) in [5, 5.41) is 0. The Bertz CT molecular complexity index is 728. The smallest absolute Gasteiger partial charge is 0.00799 e. The first kappa shape index (κ1) is 14.8. The van der Waals surface area contributed by atoms with Crippen molar-refractivity contribution in [3.8, 4) is 11.1 Å². The lowest BCUT2D eigenvalue weighted by Crippen LogP contribution is -2.30. The highest BCUT2D eigenvalue weighted by atomic mass is 14.4. The minimum atomic E-state index is 0.153. The minimum Gasteiger partial charge on any atom is -0.0774 e. The summed E-state index contributed by atoms with van der Waals surface area (Å²) < 4.78 is 0. The van der Waals surface area contributed by atoms with Crippen molar-refractivity contribution < 1.29 is 0 Å². The van der Waals surface area contributed by atoms with E-state index in [1.807, 2.05) is 0 Å². The normalized spacial score (nSPS) is 18.8. The number of hydrogen-bond donors (Lipinski definition) is 0. The van der Waals surface area contributed by atoms with E-state index in [-0.39, 0.29) is 10.8 Å². The molecule has 0 heterocycles. The quantitative estimate of drug-likeness (QED) is 0.603. The monoisotopic (exact) mass is 288 g/mol. The van der Waals surface area contributed by atoms with Crippen molar-refractivity contribution in [2.75, 3.05) is 0 Å². The second-order valence-corrected chi connectivity index (χ2v) is 7.32. The Hall–Kier alpha value is -2.08. The summed E-state index contributed by atoms with van der Waals surface area (Å²) in [5.74, 6) is 0. The van der Waals surface area contributed by atoms with Gasteiger partial charge in [0, 0.05) is 0 Å². The summed E-state index contributed by atoms with van der Waals surface area (Å²) in [7, 11) is 0. The molecule has 0 aliphatic heterocycles. The first-order valence-electron chi connectivity index (χ1n) is 7.97. The zero-order valence-electron chi connectivity index (χ0n) is 13.9. The Balaban J connectivity index is 2.01. The topological polar surface area (TPSA) is 0 Å². The largest absolute Gasteiger partial charge is 0.0774 e. The van der Waals surface area contributed by atoms with Crippen molar-refractivity contribution in [2.45, 2.75) is 27.7 Å². The number of rotatable bonds is 2. The molecule has 1 aliphatic rings. The van der Waals surface area contributed by atoms with Gasteiger partial charge in [0.05, 0.1) is 0 Å². The van der Waals surface area contributed by atoms with E-state index < -0.39 is 0 Å². The predicted octanol–water partition coefficient (Wildman–Crippen LogP) is 6.36. The van der Waals surface area contributed by atoms with Crippen LogP contribution in [0.15, 0.2) is 72.8 Å². The molecule has 0 bridgehead atoms. The third-order valence-electron chi connectivity index (χ3n) is 5.16. The fourth-order valence-electron chi connectivity index (χ4n) is 2.82. The Kier molecular flexibility index (Phi) is 3.56. The van der Waals surface area contributed by atoms with Crippen LogP contribution in [0.4, 0.5) is 0 Å². The lowest BCUT2D eigenvalue weighted by Gasteiger charge is -2.40. The molecular formula is C22H24. The van der Waals surface area contributed by atoms with Crippen molar-refractivity contribution in [2.24, 2.45) is 10.8 Å². The highest BCUT2D eigenvalue weighted by Gasteiger charge is 2.35. The second-order valence-electron chi connectivity index (χ2n) is 7.32. The van der Waals surface area contributed by atoms with Gasteiger partial charge in [-0.1, -0.05) is 94.5 Å². The molecule has 0 amide bonds. The standard InChI is InChI=1S/C22H24/c1-21(2)14-13-20(16-22(21,3)4)19-12-8-11-18(15-19)17-9-6-5-7-10-17/h5-16H,1-4H3. The van der Waals surface area contributed by atoms with Crippen LogP contribution in [0.5, 0.6) is 0 Å². The zero-order chi connectivity index (χ0) is 15.8. The molecule has 1 aliphatic carbocycles. The van der Waals surface area contributed by atoms with Gasteiger partial charge >= 0.3 is 0 Å². The molecule has 0 saturated heterocycles. The van der Waals surface area contributed by atoms with Crippen molar-refractivity contribution in [3.63, 3.8) is 0 Å². The van der Waals surface area contributed by atoms with Crippen molar-refractivity contribution in [1.82, 2.24) is 0 Å². The molecule has 0 aromatic heterocycles. The summed E-state index contributed by atoms with van der Waals surface area (Å²) in [6, 6.07) is 19.4. The molecule has 0 saturated carbocycles. The van der Waals surface area contributed by atoms with Crippen LogP contribution < -0.4 is 0 Å². The van der Waals surface area contributed by atoms with Crippen LogP contribution in [-0.4, -0.2) is 0 Å². The zero-order valence-corrected chi connectivity index (χ0v) is 13.9. The van der Waals surface area contributed by atoms with Crippen molar-refractivity contribution in [1.29, 1.82) is 0 Å². The number of hydrogen-bond acceptors (Lipinski definition) is 0. The summed E-state index contributed by atoms with van der Waals surface area (Å²) in [6.07, 6.45) is 7.03. The third kappa shape index (κ3) is 2.66. The molecule has 112 valence electrons. The molecule has 0 heteroatoms. The van der Waals surface area contributed by atoms with E-state index in [0.29, 0.717) is 0 Å². The summed E-state index contributed by atoms with van der Waals surface area (Å²) in [4.78, 5) is 0. The molecule has 22 heavy (non-hydrogen) atoms. The van der Waals surface area contributed by atoms with E-state index in [2.05, 4.69) is 101 Å². The molecule has 0 atom stereocenters. The van der Waals surface area contributed by atoms with Gasteiger partial charge in [-0.25, -0.2) is 0 Å². The SMILES string of the molecule is CC1(C)C=CC(c2cccc(-c3ccccc3)c2)=CC1(C)C. The fraction of sp³-hybridized carbons (Fsp3) is 0.273. The van der Waals surface area contributed by atoms with Gasteiger partial charge in [0.2, 0.25) is 0 Å². The molecular weight excluding hydrogens is 264 g/mol. The molecule has 0 fully saturated rings. The van der Waals surface area contributed by atoms with E-state index in [1.165, 1.54) is 22.3 Å². The molecule has 0 spiro atoms. The Morgan fingerprint density at radius 2 is 1.27 bits per heavy atom. The van der Waals surface area contributed by atoms with Crippen LogP contribution in [0, 0.1) is 10.8 Å². The van der Waals surface area contributed by atoms with Gasteiger partial charge < -0.3 is 0 Å². The van der Waals surface area contributed by atoms with Gasteiger partial charge in [-0.05, 0) is 39.2 Å². The van der Waals surface area contributed by atoms with Crippen molar-refractivity contribution in [3.05, 3.63) is 78.4 Å². The maximum atomic E-state index is 2.41. The Morgan fingerprint density at radius 1 is 0.636 bits per heavy atom. The van der Waals surface area contributed by atoms with Crippen LogP contribution in [0.1, 0.15) is 33.3 Å². The maximum absolute atomic E-state index is 2.41. The maximum Gasteiger partial charge on any atom is -0.00799 e. The second kappa shape index (κ2) is 5.28. The van der Waals surface area contributed by atoms with Crippen LogP contribution >= 0.6 is 0 Å². The Labute approximate surface area is 134 Å². The molecule has 2 aromatic carbocycles. The average Bonchev–Trinajstić information content (AvgIpc) is 2.51. The third-order valence-corrected chi connectivity index (χ3v) is 5.16. The molecule has 0 radical (unpaired) electrons. The Morgan fingerprint density at radius 3 is 1.95 bits per heavy atom. The van der Waals surface area contributed by atoms with Gasteiger partial charge in [-0.3, -0.25) is 0 Å². The van der Waals surface area contributed by atoms with Gasteiger partial charge in [0.15, 0.2) is 0 Å².